The van der Waals surface area contributed by atoms with Crippen molar-refractivity contribution in [2.45, 2.75) is 39.8 Å². The van der Waals surface area contributed by atoms with Gasteiger partial charge in [0.2, 0.25) is 0 Å². The molecule has 104 valence electrons. The molecule has 1 aromatic heterocycles. The van der Waals surface area contributed by atoms with Gasteiger partial charge in [-0.25, -0.2) is 8.42 Å². The summed E-state index contributed by atoms with van der Waals surface area (Å²) in [5.74, 6) is 0.193. The second kappa shape index (κ2) is 6.33. The summed E-state index contributed by atoms with van der Waals surface area (Å²) in [4.78, 5) is 0. The van der Waals surface area contributed by atoms with Gasteiger partial charge in [-0.05, 0) is 32.9 Å². The monoisotopic (exact) mass is 273 g/mol. The lowest BCUT2D eigenvalue weighted by atomic mass is 10.1. The molecule has 5 nitrogen and oxygen atoms in total. The molecule has 0 aliphatic rings. The summed E-state index contributed by atoms with van der Waals surface area (Å²) in [5, 5.41) is 7.74. The van der Waals surface area contributed by atoms with Crippen molar-refractivity contribution in [2.24, 2.45) is 0 Å². The van der Waals surface area contributed by atoms with E-state index in [1.54, 1.807) is 0 Å². The molecule has 18 heavy (non-hydrogen) atoms. The van der Waals surface area contributed by atoms with Crippen LogP contribution in [-0.4, -0.2) is 36.8 Å². The molecule has 0 saturated heterocycles. The Bertz CT molecular complexity index is 480. The fourth-order valence-electron chi connectivity index (χ4n) is 2.03. The number of rotatable bonds is 7. The third kappa shape index (κ3) is 4.42. The number of hydrogen-bond donors (Lipinski definition) is 1. The zero-order chi connectivity index (χ0) is 13.8. The maximum atomic E-state index is 11.3. The number of sulfone groups is 1. The molecule has 0 spiro atoms. The minimum absolute atomic E-state index is 0.0471. The first-order chi connectivity index (χ1) is 8.37. The van der Waals surface area contributed by atoms with E-state index in [0.29, 0.717) is 6.42 Å². The van der Waals surface area contributed by atoms with Crippen molar-refractivity contribution in [1.29, 1.82) is 0 Å². The maximum Gasteiger partial charge on any atom is 0.147 e. The van der Waals surface area contributed by atoms with Crippen molar-refractivity contribution in [3.8, 4) is 0 Å². The molecule has 1 heterocycles. The molecule has 1 atom stereocenters. The Morgan fingerprint density at radius 1 is 1.44 bits per heavy atom. The highest BCUT2D eigenvalue weighted by Crippen LogP contribution is 2.18. The minimum Gasteiger partial charge on any atom is -0.309 e. The summed E-state index contributed by atoms with van der Waals surface area (Å²) >= 11 is 0. The number of aromatic nitrogens is 2. The predicted octanol–water partition coefficient (Wildman–Crippen LogP) is 1.30. The number of nitrogens with zero attached hydrogens (tertiary/aromatic N) is 2. The molecule has 0 aliphatic carbocycles. The van der Waals surface area contributed by atoms with E-state index in [9.17, 15) is 8.42 Å². The molecule has 0 saturated carbocycles. The van der Waals surface area contributed by atoms with Gasteiger partial charge in [-0.3, -0.25) is 4.68 Å². The van der Waals surface area contributed by atoms with Crippen LogP contribution in [0, 0.1) is 6.92 Å². The zero-order valence-electron chi connectivity index (χ0n) is 11.6. The highest BCUT2D eigenvalue weighted by molar-refractivity contribution is 7.90. The van der Waals surface area contributed by atoms with E-state index in [1.165, 1.54) is 6.26 Å². The molecule has 1 N–H and O–H groups in total. The molecule has 0 fully saturated rings. The molecule has 1 unspecified atom stereocenters. The van der Waals surface area contributed by atoms with E-state index in [2.05, 4.69) is 10.4 Å². The average molecular weight is 273 g/mol. The summed E-state index contributed by atoms with van der Waals surface area (Å²) in [7, 11) is -2.93. The molecular weight excluding hydrogens is 250 g/mol. The van der Waals surface area contributed by atoms with Crippen LogP contribution in [0.25, 0.3) is 0 Å². The molecule has 0 amide bonds. The predicted molar refractivity (Wildman–Crippen MR) is 73.4 cm³/mol. The number of nitrogens with one attached hydrogen (secondary N) is 1. The Morgan fingerprint density at radius 2 is 2.11 bits per heavy atom. The van der Waals surface area contributed by atoms with E-state index in [0.717, 1.165) is 24.5 Å². The highest BCUT2D eigenvalue weighted by atomic mass is 32.2. The molecule has 1 aromatic rings. The molecule has 0 aliphatic heterocycles. The first-order valence-electron chi connectivity index (χ1n) is 6.32. The van der Waals surface area contributed by atoms with Gasteiger partial charge in [0.1, 0.15) is 9.84 Å². The van der Waals surface area contributed by atoms with E-state index in [-0.39, 0.29) is 11.8 Å². The van der Waals surface area contributed by atoms with Crippen LogP contribution in [-0.2, 0) is 16.4 Å². The normalized spacial score (nSPS) is 13.8. The van der Waals surface area contributed by atoms with Crippen LogP contribution in [0.5, 0.6) is 0 Å². The number of aryl methyl sites for hydroxylation is 2. The maximum absolute atomic E-state index is 11.3. The lowest BCUT2D eigenvalue weighted by Crippen LogP contribution is -2.26. The van der Waals surface area contributed by atoms with E-state index >= 15 is 0 Å². The Morgan fingerprint density at radius 3 is 2.61 bits per heavy atom. The van der Waals surface area contributed by atoms with Gasteiger partial charge in [-0.1, -0.05) is 6.92 Å². The Labute approximate surface area is 109 Å². The Hall–Kier alpha value is -0.880. The lowest BCUT2D eigenvalue weighted by Gasteiger charge is -2.18. The molecule has 6 heteroatoms. The third-order valence-electron chi connectivity index (χ3n) is 2.82. The first-order valence-corrected chi connectivity index (χ1v) is 8.38. The summed E-state index contributed by atoms with van der Waals surface area (Å²) in [6.45, 7) is 7.62. The van der Waals surface area contributed by atoms with Crippen LogP contribution in [0.3, 0.4) is 0 Å². The van der Waals surface area contributed by atoms with Gasteiger partial charge in [0, 0.05) is 12.8 Å². The van der Waals surface area contributed by atoms with Crippen LogP contribution >= 0.6 is 0 Å². The molecule has 1 rings (SSSR count). The quantitative estimate of drug-likeness (QED) is 0.813. The van der Waals surface area contributed by atoms with Gasteiger partial charge in [0.05, 0.1) is 23.2 Å². The van der Waals surface area contributed by atoms with Crippen molar-refractivity contribution in [3.63, 3.8) is 0 Å². The van der Waals surface area contributed by atoms with E-state index < -0.39 is 9.84 Å². The second-order valence-corrected chi connectivity index (χ2v) is 6.81. The summed E-state index contributed by atoms with van der Waals surface area (Å²) in [6, 6.07) is 2.07. The standard InChI is InChI=1S/C12H23N3O2S/c1-5-13-11(7-8-18(4,16)17)12-9-10(3)14-15(12)6-2/h9,11,13H,5-8H2,1-4H3. The topological polar surface area (TPSA) is 64.0 Å². The average Bonchev–Trinajstić information content (AvgIpc) is 2.64. The highest BCUT2D eigenvalue weighted by Gasteiger charge is 2.18. The lowest BCUT2D eigenvalue weighted by molar-refractivity contribution is 0.479. The second-order valence-electron chi connectivity index (χ2n) is 4.56. The summed E-state index contributed by atoms with van der Waals surface area (Å²) < 4.78 is 24.5. The van der Waals surface area contributed by atoms with Gasteiger partial charge in [-0.2, -0.15) is 5.10 Å². The van der Waals surface area contributed by atoms with Crippen molar-refractivity contribution < 1.29 is 8.42 Å². The molecule has 0 aromatic carbocycles. The Balaban J connectivity index is 2.89. The van der Waals surface area contributed by atoms with Crippen LogP contribution in [0.1, 0.15) is 37.7 Å². The smallest absolute Gasteiger partial charge is 0.147 e. The van der Waals surface area contributed by atoms with E-state index in [4.69, 9.17) is 0 Å². The largest absolute Gasteiger partial charge is 0.309 e. The molecule has 0 bridgehead atoms. The zero-order valence-corrected chi connectivity index (χ0v) is 12.4. The molecule has 0 radical (unpaired) electrons. The van der Waals surface area contributed by atoms with Crippen molar-refractivity contribution in [2.75, 3.05) is 18.6 Å². The van der Waals surface area contributed by atoms with Gasteiger partial charge in [0.25, 0.3) is 0 Å². The van der Waals surface area contributed by atoms with Crippen molar-refractivity contribution in [1.82, 2.24) is 15.1 Å². The minimum atomic E-state index is -2.93. The third-order valence-corrected chi connectivity index (χ3v) is 3.79. The molecular formula is C12H23N3O2S. The van der Waals surface area contributed by atoms with Gasteiger partial charge < -0.3 is 5.32 Å². The van der Waals surface area contributed by atoms with Gasteiger partial charge in [0.15, 0.2) is 0 Å². The van der Waals surface area contributed by atoms with Crippen molar-refractivity contribution >= 4 is 9.84 Å². The van der Waals surface area contributed by atoms with Crippen LogP contribution < -0.4 is 5.32 Å². The fourth-order valence-corrected chi connectivity index (χ4v) is 2.70. The van der Waals surface area contributed by atoms with Crippen LogP contribution in [0.4, 0.5) is 0 Å². The number of hydrogen-bond acceptors (Lipinski definition) is 4. The van der Waals surface area contributed by atoms with Gasteiger partial charge >= 0.3 is 0 Å². The first kappa shape index (κ1) is 15.2. The van der Waals surface area contributed by atoms with Gasteiger partial charge in [-0.15, -0.1) is 0 Å². The van der Waals surface area contributed by atoms with Crippen LogP contribution in [0.2, 0.25) is 0 Å². The van der Waals surface area contributed by atoms with Crippen LogP contribution in [0.15, 0.2) is 6.07 Å². The van der Waals surface area contributed by atoms with E-state index in [1.807, 2.05) is 31.5 Å². The summed E-state index contributed by atoms with van der Waals surface area (Å²) in [6.07, 6.45) is 1.86. The van der Waals surface area contributed by atoms with Crippen molar-refractivity contribution in [3.05, 3.63) is 17.5 Å². The summed E-state index contributed by atoms with van der Waals surface area (Å²) in [5.41, 5.74) is 2.04. The fraction of sp³-hybridized carbons (Fsp3) is 0.750. The SMILES string of the molecule is CCNC(CCS(C)(=O)=O)c1cc(C)nn1CC. The Kier molecular flexibility index (Phi) is 5.34.